The number of imide groups is 2. The van der Waals surface area contributed by atoms with E-state index in [0.717, 1.165) is 21.9 Å². The molecule has 4 amide bonds. The van der Waals surface area contributed by atoms with Crippen LogP contribution in [0.5, 0.6) is 0 Å². The minimum Gasteiger partial charge on any atom is -0.357 e. The number of aryl methyl sites for hydroxylation is 1. The normalized spacial score (nSPS) is 19.8. The molecule has 38 heavy (non-hydrogen) atoms. The van der Waals surface area contributed by atoms with Crippen molar-refractivity contribution in [1.29, 1.82) is 0 Å². The average molecular weight is 514 g/mol. The summed E-state index contributed by atoms with van der Waals surface area (Å²) in [6.45, 7) is 2.54. The summed E-state index contributed by atoms with van der Waals surface area (Å²) in [6.07, 6.45) is 2.99. The van der Waals surface area contributed by atoms with Crippen molar-refractivity contribution in [3.8, 4) is 22.8 Å². The Morgan fingerprint density at radius 3 is 2.71 bits per heavy atom. The summed E-state index contributed by atoms with van der Waals surface area (Å²) in [6, 6.07) is 8.34. The maximum atomic E-state index is 13.4. The van der Waals surface area contributed by atoms with Crippen LogP contribution >= 0.6 is 0 Å². The zero-order valence-corrected chi connectivity index (χ0v) is 20.5. The van der Waals surface area contributed by atoms with Crippen LogP contribution in [0, 0.1) is 6.92 Å². The van der Waals surface area contributed by atoms with Gasteiger partial charge in [0.05, 0.1) is 12.2 Å². The van der Waals surface area contributed by atoms with Crippen molar-refractivity contribution >= 4 is 23.6 Å². The molecule has 3 aromatic rings. The van der Waals surface area contributed by atoms with Crippen molar-refractivity contribution < 1.29 is 23.7 Å². The Kier molecular flexibility index (Phi) is 5.78. The van der Waals surface area contributed by atoms with Crippen molar-refractivity contribution in [2.24, 2.45) is 0 Å². The van der Waals surface area contributed by atoms with Gasteiger partial charge in [0.1, 0.15) is 17.4 Å². The van der Waals surface area contributed by atoms with Crippen LogP contribution in [0.1, 0.15) is 37.3 Å². The fraction of sp³-hybridized carbons (Fsp3) is 0.308. The average Bonchev–Trinajstić information content (AvgIpc) is 3.47. The Bertz CT molecular complexity index is 1530. The summed E-state index contributed by atoms with van der Waals surface area (Å²) >= 11 is 0. The number of piperidine rings is 1. The van der Waals surface area contributed by atoms with Crippen LogP contribution < -0.4 is 5.32 Å². The fourth-order valence-electron chi connectivity index (χ4n) is 5.07. The first-order valence-corrected chi connectivity index (χ1v) is 12.3. The predicted octanol–water partition coefficient (Wildman–Crippen LogP) is 1.53. The molecule has 12 heteroatoms. The zero-order chi connectivity index (χ0) is 26.4. The summed E-state index contributed by atoms with van der Waals surface area (Å²) in [4.78, 5) is 66.5. The van der Waals surface area contributed by atoms with E-state index in [4.69, 9.17) is 4.52 Å². The number of carbonyl (C=O) groups is 4. The van der Waals surface area contributed by atoms with Crippen LogP contribution in [-0.2, 0) is 25.7 Å². The standard InChI is InChI=1S/C26H23N7O5/c1-14-12-15(9-10-27-14)17-5-2-6-18(28-17)23-30-21(38-31-23)13-32-11-3-4-16-22(32)26(37)33(25(16)36)19-7-8-20(34)29-24(19)35/h2,5-6,9-10,12,19H,3-4,7-8,11,13H2,1H3,(H,29,34,35). The smallest absolute Gasteiger partial charge is 0.278 e. The van der Waals surface area contributed by atoms with E-state index in [1.54, 1.807) is 17.2 Å². The summed E-state index contributed by atoms with van der Waals surface area (Å²) in [7, 11) is 0. The van der Waals surface area contributed by atoms with Gasteiger partial charge >= 0.3 is 0 Å². The monoisotopic (exact) mass is 513 g/mol. The van der Waals surface area contributed by atoms with Gasteiger partial charge in [0.25, 0.3) is 11.8 Å². The first kappa shape index (κ1) is 23.6. The second-order valence-electron chi connectivity index (χ2n) is 9.41. The Labute approximate surface area is 216 Å². The van der Waals surface area contributed by atoms with Crippen LogP contribution in [0.3, 0.4) is 0 Å². The first-order chi connectivity index (χ1) is 18.4. The lowest BCUT2D eigenvalue weighted by Crippen LogP contribution is -2.55. The molecule has 1 N–H and O–H groups in total. The molecule has 0 bridgehead atoms. The second kappa shape index (κ2) is 9.29. The third-order valence-electron chi connectivity index (χ3n) is 6.84. The number of carbonyl (C=O) groups excluding carboxylic acids is 4. The molecule has 12 nitrogen and oxygen atoms in total. The molecule has 192 valence electrons. The molecule has 1 atom stereocenters. The van der Waals surface area contributed by atoms with Gasteiger partial charge in [-0.25, -0.2) is 4.98 Å². The number of aromatic nitrogens is 4. The number of nitrogens with zero attached hydrogens (tertiary/aromatic N) is 6. The molecule has 6 heterocycles. The topological polar surface area (TPSA) is 151 Å². The highest BCUT2D eigenvalue weighted by molar-refractivity contribution is 6.21. The van der Waals surface area contributed by atoms with Crippen molar-refractivity contribution in [1.82, 2.24) is 35.2 Å². The highest BCUT2D eigenvalue weighted by atomic mass is 16.5. The highest BCUT2D eigenvalue weighted by Crippen LogP contribution is 2.34. The molecule has 0 spiro atoms. The van der Waals surface area contributed by atoms with E-state index in [-0.39, 0.29) is 31.0 Å². The molecule has 1 unspecified atom stereocenters. The molecule has 3 aliphatic rings. The lowest BCUT2D eigenvalue weighted by Gasteiger charge is -2.29. The van der Waals surface area contributed by atoms with E-state index in [0.29, 0.717) is 36.5 Å². The van der Waals surface area contributed by atoms with Crippen LogP contribution in [0.4, 0.5) is 0 Å². The number of nitrogens with one attached hydrogen (secondary N) is 1. The molecule has 6 rings (SSSR count). The van der Waals surface area contributed by atoms with Gasteiger partial charge in [-0.05, 0) is 50.5 Å². The van der Waals surface area contributed by atoms with Gasteiger partial charge in [0.15, 0.2) is 0 Å². The van der Waals surface area contributed by atoms with E-state index >= 15 is 0 Å². The predicted molar refractivity (Wildman–Crippen MR) is 130 cm³/mol. The summed E-state index contributed by atoms with van der Waals surface area (Å²) in [5, 5.41) is 6.30. The lowest BCUT2D eigenvalue weighted by molar-refractivity contribution is -0.150. The first-order valence-electron chi connectivity index (χ1n) is 12.3. The van der Waals surface area contributed by atoms with Crippen molar-refractivity contribution in [3.05, 3.63) is 59.4 Å². The minimum atomic E-state index is -1.00. The molecule has 0 radical (unpaired) electrons. The molecule has 3 aromatic heterocycles. The van der Waals surface area contributed by atoms with Gasteiger partial charge in [0, 0.05) is 36.0 Å². The largest absolute Gasteiger partial charge is 0.357 e. The third kappa shape index (κ3) is 4.13. The number of amides is 4. The Balaban J connectivity index is 1.22. The molecular formula is C26H23N7O5. The Morgan fingerprint density at radius 2 is 1.89 bits per heavy atom. The van der Waals surface area contributed by atoms with Crippen LogP contribution in [0.15, 0.2) is 52.3 Å². The summed E-state index contributed by atoms with van der Waals surface area (Å²) in [5.74, 6) is -1.50. The van der Waals surface area contributed by atoms with Gasteiger partial charge in [-0.3, -0.25) is 34.4 Å². The molecule has 0 saturated carbocycles. The quantitative estimate of drug-likeness (QED) is 0.497. The maximum Gasteiger partial charge on any atom is 0.278 e. The van der Waals surface area contributed by atoms with Gasteiger partial charge in [-0.2, -0.15) is 4.98 Å². The van der Waals surface area contributed by atoms with E-state index in [9.17, 15) is 19.2 Å². The highest BCUT2D eigenvalue weighted by Gasteiger charge is 2.48. The molecule has 0 aromatic carbocycles. The molecular weight excluding hydrogens is 490 g/mol. The number of pyridine rings is 2. The van der Waals surface area contributed by atoms with Crippen molar-refractivity contribution in [3.63, 3.8) is 0 Å². The Morgan fingerprint density at radius 1 is 1.05 bits per heavy atom. The van der Waals surface area contributed by atoms with E-state index in [2.05, 4.69) is 25.4 Å². The van der Waals surface area contributed by atoms with E-state index in [1.165, 1.54) is 0 Å². The molecule has 0 aliphatic carbocycles. The summed E-state index contributed by atoms with van der Waals surface area (Å²) in [5.41, 5.74) is 3.69. The van der Waals surface area contributed by atoms with Gasteiger partial charge < -0.3 is 9.42 Å². The molecule has 3 aliphatic heterocycles. The van der Waals surface area contributed by atoms with Crippen molar-refractivity contribution in [2.45, 2.75) is 45.2 Å². The van der Waals surface area contributed by atoms with Crippen LogP contribution in [0.2, 0.25) is 0 Å². The number of rotatable bonds is 5. The number of hydrogen-bond donors (Lipinski definition) is 1. The molecule has 1 saturated heterocycles. The third-order valence-corrected chi connectivity index (χ3v) is 6.84. The van der Waals surface area contributed by atoms with Gasteiger partial charge in [-0.15, -0.1) is 0 Å². The minimum absolute atomic E-state index is 0.0720. The van der Waals surface area contributed by atoms with Gasteiger partial charge in [0.2, 0.25) is 23.5 Å². The maximum absolute atomic E-state index is 13.4. The van der Waals surface area contributed by atoms with Crippen molar-refractivity contribution in [2.75, 3.05) is 6.54 Å². The summed E-state index contributed by atoms with van der Waals surface area (Å²) < 4.78 is 5.48. The van der Waals surface area contributed by atoms with E-state index in [1.807, 2.05) is 31.2 Å². The Hall–Kier alpha value is -4.74. The number of hydrogen-bond acceptors (Lipinski definition) is 10. The van der Waals surface area contributed by atoms with E-state index < -0.39 is 29.7 Å². The fourth-order valence-corrected chi connectivity index (χ4v) is 5.07. The second-order valence-corrected chi connectivity index (χ2v) is 9.41. The lowest BCUT2D eigenvalue weighted by atomic mass is 10.0. The van der Waals surface area contributed by atoms with Crippen LogP contribution in [0.25, 0.3) is 22.8 Å². The van der Waals surface area contributed by atoms with Gasteiger partial charge in [-0.1, -0.05) is 11.2 Å². The molecule has 1 fully saturated rings. The SMILES string of the molecule is Cc1cc(-c2cccc(-c3noc(CN4CCCC5=C4C(=O)N(C4CCC(=O)NC4=O)C5=O)n3)n2)ccn1. The zero-order valence-electron chi connectivity index (χ0n) is 20.5. The van der Waals surface area contributed by atoms with Crippen LogP contribution in [-0.4, -0.2) is 66.1 Å².